The molecule has 0 radical (unpaired) electrons. The van der Waals surface area contributed by atoms with E-state index in [1.54, 1.807) is 19.2 Å². The number of amides is 2. The monoisotopic (exact) mass is 346 g/mol. The van der Waals surface area contributed by atoms with Gasteiger partial charge in [0, 0.05) is 18.3 Å². The fourth-order valence-corrected chi connectivity index (χ4v) is 2.99. The van der Waals surface area contributed by atoms with Crippen LogP contribution in [-0.4, -0.2) is 23.8 Å². The van der Waals surface area contributed by atoms with Crippen molar-refractivity contribution in [3.8, 4) is 0 Å². The molecule has 1 N–H and O–H groups in total. The summed E-state index contributed by atoms with van der Waals surface area (Å²) in [4.78, 5) is 26.7. The Kier molecular flexibility index (Phi) is 5.03. The molecule has 0 bridgehead atoms. The molecule has 0 aromatic heterocycles. The highest BCUT2D eigenvalue weighted by atomic mass is 16.2. The number of benzene rings is 2. The molecular formula is C22H22N2O2. The van der Waals surface area contributed by atoms with Gasteiger partial charge >= 0.3 is 6.03 Å². The average molecular weight is 346 g/mol. The molecular weight excluding hydrogens is 324 g/mol. The molecule has 132 valence electrons. The molecule has 0 unspecified atom stereocenters. The van der Waals surface area contributed by atoms with E-state index in [4.69, 9.17) is 0 Å². The SMILES string of the molecule is CC1=C(C(=O)/C=C/c2ccc(C)cc2)[C@H](c2ccccc2)NC(=O)N1C. The minimum atomic E-state index is -0.449. The van der Waals surface area contributed by atoms with Crippen LogP contribution in [0.5, 0.6) is 0 Å². The smallest absolute Gasteiger partial charge is 0.322 e. The predicted octanol–water partition coefficient (Wildman–Crippen LogP) is 4.25. The summed E-state index contributed by atoms with van der Waals surface area (Å²) in [6.07, 6.45) is 3.38. The second kappa shape index (κ2) is 7.40. The molecule has 0 aliphatic carbocycles. The molecule has 2 aromatic rings. The average Bonchev–Trinajstić information content (AvgIpc) is 2.66. The number of urea groups is 1. The number of rotatable bonds is 4. The van der Waals surface area contributed by atoms with E-state index in [2.05, 4.69) is 5.32 Å². The van der Waals surface area contributed by atoms with Crippen LogP contribution in [0.25, 0.3) is 6.08 Å². The number of carbonyl (C=O) groups excluding carboxylic acids is 2. The van der Waals surface area contributed by atoms with Crippen molar-refractivity contribution in [3.63, 3.8) is 0 Å². The summed E-state index contributed by atoms with van der Waals surface area (Å²) in [5, 5.41) is 2.92. The van der Waals surface area contributed by atoms with Crippen LogP contribution >= 0.6 is 0 Å². The molecule has 0 saturated heterocycles. The fraction of sp³-hybridized carbons (Fsp3) is 0.182. The summed E-state index contributed by atoms with van der Waals surface area (Å²) < 4.78 is 0. The van der Waals surface area contributed by atoms with E-state index in [0.29, 0.717) is 11.3 Å². The second-order valence-corrected chi connectivity index (χ2v) is 6.46. The largest absolute Gasteiger partial charge is 0.327 e. The molecule has 0 fully saturated rings. The number of hydrogen-bond donors (Lipinski definition) is 1. The Balaban J connectivity index is 1.96. The summed E-state index contributed by atoms with van der Waals surface area (Å²) in [5.74, 6) is -0.108. The molecule has 0 saturated carbocycles. The van der Waals surface area contributed by atoms with Crippen molar-refractivity contribution >= 4 is 17.9 Å². The van der Waals surface area contributed by atoms with Crippen molar-refractivity contribution < 1.29 is 9.59 Å². The van der Waals surface area contributed by atoms with Crippen molar-refractivity contribution in [2.75, 3.05) is 7.05 Å². The number of aryl methyl sites for hydroxylation is 1. The third-order valence-electron chi connectivity index (χ3n) is 4.66. The van der Waals surface area contributed by atoms with Crippen LogP contribution in [0.3, 0.4) is 0 Å². The predicted molar refractivity (Wildman–Crippen MR) is 103 cm³/mol. The minimum Gasteiger partial charge on any atom is -0.327 e. The number of ketones is 1. The van der Waals surface area contributed by atoms with Crippen molar-refractivity contribution in [3.05, 3.63) is 88.6 Å². The number of nitrogens with one attached hydrogen (secondary N) is 1. The third kappa shape index (κ3) is 3.59. The maximum absolute atomic E-state index is 13.0. The van der Waals surface area contributed by atoms with Crippen LogP contribution in [0.1, 0.15) is 29.7 Å². The van der Waals surface area contributed by atoms with Gasteiger partial charge < -0.3 is 10.2 Å². The molecule has 2 amide bonds. The highest BCUT2D eigenvalue weighted by Gasteiger charge is 2.32. The van der Waals surface area contributed by atoms with Gasteiger partial charge in [-0.1, -0.05) is 66.2 Å². The zero-order valence-electron chi connectivity index (χ0n) is 15.2. The lowest BCUT2D eigenvalue weighted by Crippen LogP contribution is -2.45. The Bertz CT molecular complexity index is 880. The zero-order valence-corrected chi connectivity index (χ0v) is 15.2. The van der Waals surface area contributed by atoms with Crippen molar-refractivity contribution in [2.45, 2.75) is 19.9 Å². The first-order valence-electron chi connectivity index (χ1n) is 8.56. The van der Waals surface area contributed by atoms with Crippen LogP contribution in [0.4, 0.5) is 4.79 Å². The Hall–Kier alpha value is -3.14. The van der Waals surface area contributed by atoms with E-state index in [1.807, 2.05) is 68.4 Å². The van der Waals surface area contributed by atoms with Crippen LogP contribution in [-0.2, 0) is 4.79 Å². The van der Waals surface area contributed by atoms with E-state index in [0.717, 1.165) is 11.1 Å². The molecule has 1 aliphatic heterocycles. The summed E-state index contributed by atoms with van der Waals surface area (Å²) in [7, 11) is 1.67. The van der Waals surface area contributed by atoms with Gasteiger partial charge in [0.15, 0.2) is 5.78 Å². The lowest BCUT2D eigenvalue weighted by atomic mass is 9.91. The van der Waals surface area contributed by atoms with Crippen molar-refractivity contribution in [1.82, 2.24) is 10.2 Å². The maximum Gasteiger partial charge on any atom is 0.322 e. The standard InChI is InChI=1S/C22H22N2O2/c1-15-9-11-17(12-10-15)13-14-19(25)20-16(2)24(3)22(26)23-21(20)18-7-5-4-6-8-18/h4-14,21H,1-3H3,(H,23,26)/b14-13+/t21-/m0/s1. The fourth-order valence-electron chi connectivity index (χ4n) is 2.99. The Morgan fingerprint density at radius 1 is 1.04 bits per heavy atom. The van der Waals surface area contributed by atoms with Crippen LogP contribution < -0.4 is 5.32 Å². The zero-order chi connectivity index (χ0) is 18.7. The van der Waals surface area contributed by atoms with Gasteiger partial charge in [-0.05, 0) is 31.1 Å². The molecule has 1 aliphatic rings. The van der Waals surface area contributed by atoms with Gasteiger partial charge in [-0.25, -0.2) is 4.79 Å². The van der Waals surface area contributed by atoms with Gasteiger partial charge in [0.2, 0.25) is 0 Å². The summed E-state index contributed by atoms with van der Waals surface area (Å²) in [6.45, 7) is 3.83. The minimum absolute atomic E-state index is 0.108. The first-order valence-corrected chi connectivity index (χ1v) is 8.56. The molecule has 1 heterocycles. The van der Waals surface area contributed by atoms with E-state index in [-0.39, 0.29) is 11.8 Å². The molecule has 3 rings (SSSR count). The van der Waals surface area contributed by atoms with Crippen LogP contribution in [0, 0.1) is 6.92 Å². The third-order valence-corrected chi connectivity index (χ3v) is 4.66. The first-order chi connectivity index (χ1) is 12.5. The Morgan fingerprint density at radius 2 is 1.69 bits per heavy atom. The second-order valence-electron chi connectivity index (χ2n) is 6.46. The highest BCUT2D eigenvalue weighted by molar-refractivity contribution is 6.09. The molecule has 0 spiro atoms. The number of allylic oxidation sites excluding steroid dienone is 2. The Morgan fingerprint density at radius 3 is 2.35 bits per heavy atom. The lowest BCUT2D eigenvalue weighted by molar-refractivity contribution is -0.111. The van der Waals surface area contributed by atoms with E-state index < -0.39 is 6.04 Å². The van der Waals surface area contributed by atoms with Gasteiger partial charge in [0.05, 0.1) is 6.04 Å². The number of nitrogens with zero attached hydrogens (tertiary/aromatic N) is 1. The van der Waals surface area contributed by atoms with Gasteiger partial charge in [0.1, 0.15) is 0 Å². The van der Waals surface area contributed by atoms with Crippen LogP contribution in [0.2, 0.25) is 0 Å². The number of hydrogen-bond acceptors (Lipinski definition) is 2. The van der Waals surface area contributed by atoms with Gasteiger partial charge in [-0.2, -0.15) is 0 Å². The Labute approximate surface area is 153 Å². The van der Waals surface area contributed by atoms with Gasteiger partial charge in [-0.15, -0.1) is 0 Å². The van der Waals surface area contributed by atoms with Crippen LogP contribution in [0.15, 0.2) is 71.9 Å². The maximum atomic E-state index is 13.0. The van der Waals surface area contributed by atoms with E-state index in [9.17, 15) is 9.59 Å². The summed E-state index contributed by atoms with van der Waals surface area (Å²) >= 11 is 0. The topological polar surface area (TPSA) is 49.4 Å². The quantitative estimate of drug-likeness (QED) is 0.842. The first kappa shape index (κ1) is 17.7. The molecule has 4 nitrogen and oxygen atoms in total. The highest BCUT2D eigenvalue weighted by Crippen LogP contribution is 2.30. The molecule has 26 heavy (non-hydrogen) atoms. The summed E-state index contributed by atoms with van der Waals surface area (Å²) in [6, 6.07) is 16.9. The van der Waals surface area contributed by atoms with E-state index in [1.165, 1.54) is 10.5 Å². The number of carbonyl (C=O) groups is 2. The summed E-state index contributed by atoms with van der Waals surface area (Å²) in [5.41, 5.74) is 4.28. The normalized spacial score (nSPS) is 17.6. The van der Waals surface area contributed by atoms with E-state index >= 15 is 0 Å². The molecule has 4 heteroatoms. The van der Waals surface area contributed by atoms with Gasteiger partial charge in [-0.3, -0.25) is 4.79 Å². The molecule has 1 atom stereocenters. The van der Waals surface area contributed by atoms with Crippen molar-refractivity contribution in [1.29, 1.82) is 0 Å². The molecule has 2 aromatic carbocycles. The van der Waals surface area contributed by atoms with Crippen molar-refractivity contribution in [2.24, 2.45) is 0 Å². The lowest BCUT2D eigenvalue weighted by Gasteiger charge is -2.33. The van der Waals surface area contributed by atoms with Gasteiger partial charge in [0.25, 0.3) is 0 Å².